The normalized spacial score (nSPS) is 10.3. The number of anilines is 2. The lowest BCUT2D eigenvalue weighted by Crippen LogP contribution is -2.14. The molecule has 0 aliphatic carbocycles. The van der Waals surface area contributed by atoms with Gasteiger partial charge in [-0.2, -0.15) is 0 Å². The van der Waals surface area contributed by atoms with Crippen LogP contribution in [-0.2, 0) is 9.59 Å². The molecule has 1 aromatic heterocycles. The summed E-state index contributed by atoms with van der Waals surface area (Å²) >= 11 is 2.95. The summed E-state index contributed by atoms with van der Waals surface area (Å²) in [5.74, 6) is 0.0603. The summed E-state index contributed by atoms with van der Waals surface area (Å²) in [6.45, 7) is 1.45. The van der Waals surface area contributed by atoms with Crippen LogP contribution >= 0.6 is 23.1 Å². The molecule has 0 spiro atoms. The van der Waals surface area contributed by atoms with Gasteiger partial charge in [-0.15, -0.1) is 11.3 Å². The average molecular weight is 383 g/mol. The van der Waals surface area contributed by atoms with E-state index >= 15 is 0 Å². The van der Waals surface area contributed by atoms with Crippen molar-refractivity contribution in [2.45, 2.75) is 11.3 Å². The van der Waals surface area contributed by atoms with Crippen molar-refractivity contribution in [2.75, 3.05) is 16.4 Å². The Morgan fingerprint density at radius 1 is 1.00 bits per heavy atom. The third-order valence-corrected chi connectivity index (χ3v) is 5.39. The number of carbonyl (C=O) groups is 2. The molecule has 3 aromatic rings. The summed E-state index contributed by atoms with van der Waals surface area (Å²) in [7, 11) is 0. The second-order valence-electron chi connectivity index (χ2n) is 5.46. The van der Waals surface area contributed by atoms with Crippen LogP contribution in [0.3, 0.4) is 0 Å². The Hall–Kier alpha value is -2.64. The zero-order valence-corrected chi connectivity index (χ0v) is 15.7. The molecule has 26 heavy (non-hydrogen) atoms. The summed E-state index contributed by atoms with van der Waals surface area (Å²) in [5, 5.41) is 7.52. The minimum atomic E-state index is -0.128. The topological polar surface area (TPSA) is 71.1 Å². The van der Waals surface area contributed by atoms with E-state index in [9.17, 15) is 9.59 Å². The van der Waals surface area contributed by atoms with E-state index in [1.54, 1.807) is 24.3 Å². The highest BCUT2D eigenvalue weighted by atomic mass is 32.2. The monoisotopic (exact) mass is 383 g/mol. The van der Waals surface area contributed by atoms with Crippen LogP contribution in [0, 0.1) is 0 Å². The Bertz CT molecular complexity index is 893. The maximum atomic E-state index is 12.1. The lowest BCUT2D eigenvalue weighted by molar-refractivity contribution is -0.114. The Balaban J connectivity index is 1.51. The van der Waals surface area contributed by atoms with Gasteiger partial charge in [-0.1, -0.05) is 42.1 Å². The summed E-state index contributed by atoms with van der Waals surface area (Å²) in [4.78, 5) is 27.7. The molecular formula is C19H17N3O2S2. The second-order valence-corrected chi connectivity index (χ2v) is 7.54. The molecule has 5 nitrogen and oxygen atoms in total. The fourth-order valence-electron chi connectivity index (χ4n) is 2.23. The molecule has 7 heteroatoms. The highest BCUT2D eigenvalue weighted by molar-refractivity contribution is 8.01. The van der Waals surface area contributed by atoms with Gasteiger partial charge in [0.1, 0.15) is 0 Å². The van der Waals surface area contributed by atoms with Crippen molar-refractivity contribution < 1.29 is 9.59 Å². The molecular weight excluding hydrogens is 366 g/mol. The Morgan fingerprint density at radius 3 is 2.31 bits per heavy atom. The van der Waals surface area contributed by atoms with E-state index < -0.39 is 0 Å². The van der Waals surface area contributed by atoms with E-state index in [1.165, 1.54) is 30.0 Å². The van der Waals surface area contributed by atoms with Crippen LogP contribution in [0.5, 0.6) is 0 Å². The summed E-state index contributed by atoms with van der Waals surface area (Å²) in [6, 6.07) is 17.0. The Morgan fingerprint density at radius 2 is 1.65 bits per heavy atom. The maximum Gasteiger partial charge on any atom is 0.234 e. The molecule has 1 heterocycles. The van der Waals surface area contributed by atoms with Gasteiger partial charge in [-0.3, -0.25) is 9.59 Å². The first-order chi connectivity index (χ1) is 12.6. The number of thiazole rings is 1. The first-order valence-corrected chi connectivity index (χ1v) is 9.78. The van der Waals surface area contributed by atoms with Crippen LogP contribution in [0.2, 0.25) is 0 Å². The molecule has 0 fully saturated rings. The molecule has 0 atom stereocenters. The van der Waals surface area contributed by atoms with E-state index in [4.69, 9.17) is 0 Å². The molecule has 0 radical (unpaired) electrons. The molecule has 2 N–H and O–H groups in total. The molecule has 0 bridgehead atoms. The number of thioether (sulfide) groups is 1. The molecule has 132 valence electrons. The predicted octanol–water partition coefficient (Wildman–Crippen LogP) is 4.50. The number of amides is 2. The van der Waals surface area contributed by atoms with Crippen molar-refractivity contribution >= 4 is 46.3 Å². The first-order valence-electron chi connectivity index (χ1n) is 7.91. The van der Waals surface area contributed by atoms with Gasteiger partial charge in [-0.05, 0) is 24.3 Å². The quantitative estimate of drug-likeness (QED) is 0.615. The van der Waals surface area contributed by atoms with Gasteiger partial charge in [-0.25, -0.2) is 4.98 Å². The molecule has 2 amide bonds. The largest absolute Gasteiger partial charge is 0.326 e. The third-order valence-electron chi connectivity index (χ3n) is 3.37. The Kier molecular flexibility index (Phi) is 6.04. The van der Waals surface area contributed by atoms with Crippen molar-refractivity contribution in [1.29, 1.82) is 0 Å². The zero-order chi connectivity index (χ0) is 18.4. The van der Waals surface area contributed by atoms with Crippen molar-refractivity contribution in [3.8, 4) is 11.3 Å². The third kappa shape index (κ3) is 5.18. The SMILES string of the molecule is CC(=O)Nc1ccc(NC(=O)CSc2nc(-c3ccccc3)cs2)cc1. The number of rotatable bonds is 6. The van der Waals surface area contributed by atoms with Gasteiger partial charge in [0.2, 0.25) is 11.8 Å². The summed E-state index contributed by atoms with van der Waals surface area (Å²) < 4.78 is 0.861. The number of benzene rings is 2. The highest BCUT2D eigenvalue weighted by Gasteiger charge is 2.08. The van der Waals surface area contributed by atoms with Gasteiger partial charge in [0, 0.05) is 29.2 Å². The number of aromatic nitrogens is 1. The van der Waals surface area contributed by atoms with Gasteiger partial charge in [0.05, 0.1) is 11.4 Å². The van der Waals surface area contributed by atoms with E-state index in [0.717, 1.165) is 15.6 Å². The molecule has 2 aromatic carbocycles. The molecule has 3 rings (SSSR count). The van der Waals surface area contributed by atoms with Crippen molar-refractivity contribution in [2.24, 2.45) is 0 Å². The molecule has 0 saturated carbocycles. The van der Waals surface area contributed by atoms with E-state index in [-0.39, 0.29) is 17.6 Å². The van der Waals surface area contributed by atoms with E-state index in [1.807, 2.05) is 35.7 Å². The van der Waals surface area contributed by atoms with Crippen LogP contribution in [0.1, 0.15) is 6.92 Å². The van der Waals surface area contributed by atoms with Crippen LogP contribution in [0.25, 0.3) is 11.3 Å². The molecule has 0 unspecified atom stereocenters. The van der Waals surface area contributed by atoms with Crippen LogP contribution in [0.4, 0.5) is 11.4 Å². The van der Waals surface area contributed by atoms with E-state index in [2.05, 4.69) is 15.6 Å². The van der Waals surface area contributed by atoms with Gasteiger partial charge in [0.25, 0.3) is 0 Å². The smallest absolute Gasteiger partial charge is 0.234 e. The number of nitrogens with one attached hydrogen (secondary N) is 2. The lowest BCUT2D eigenvalue weighted by atomic mass is 10.2. The summed E-state index contributed by atoms with van der Waals surface area (Å²) in [5.41, 5.74) is 3.38. The number of hydrogen-bond acceptors (Lipinski definition) is 5. The minimum absolute atomic E-state index is 0.0984. The van der Waals surface area contributed by atoms with E-state index in [0.29, 0.717) is 11.4 Å². The van der Waals surface area contributed by atoms with Gasteiger partial charge >= 0.3 is 0 Å². The highest BCUT2D eigenvalue weighted by Crippen LogP contribution is 2.28. The van der Waals surface area contributed by atoms with Gasteiger partial charge < -0.3 is 10.6 Å². The zero-order valence-electron chi connectivity index (χ0n) is 14.1. The fourth-order valence-corrected chi connectivity index (χ4v) is 3.86. The fraction of sp³-hybridized carbons (Fsp3) is 0.105. The number of carbonyl (C=O) groups excluding carboxylic acids is 2. The average Bonchev–Trinajstić information content (AvgIpc) is 3.11. The van der Waals surface area contributed by atoms with Crippen molar-refractivity contribution in [1.82, 2.24) is 4.98 Å². The van der Waals surface area contributed by atoms with Crippen LogP contribution in [0.15, 0.2) is 64.3 Å². The molecule has 0 aliphatic heterocycles. The minimum Gasteiger partial charge on any atom is -0.326 e. The summed E-state index contributed by atoms with van der Waals surface area (Å²) in [6.07, 6.45) is 0. The predicted molar refractivity (Wildman–Crippen MR) is 108 cm³/mol. The molecule has 0 aliphatic rings. The maximum absolute atomic E-state index is 12.1. The van der Waals surface area contributed by atoms with Crippen molar-refractivity contribution in [3.63, 3.8) is 0 Å². The van der Waals surface area contributed by atoms with Crippen LogP contribution < -0.4 is 10.6 Å². The first kappa shape index (κ1) is 18.2. The number of hydrogen-bond donors (Lipinski definition) is 2. The number of nitrogens with zero attached hydrogens (tertiary/aromatic N) is 1. The Labute approximate surface area is 159 Å². The van der Waals surface area contributed by atoms with Gasteiger partial charge in [0.15, 0.2) is 4.34 Å². The van der Waals surface area contributed by atoms with Crippen LogP contribution in [-0.4, -0.2) is 22.6 Å². The molecule has 0 saturated heterocycles. The van der Waals surface area contributed by atoms with Crippen molar-refractivity contribution in [3.05, 3.63) is 60.0 Å². The standard InChI is InChI=1S/C19H17N3O2S2/c1-13(23)20-15-7-9-16(10-8-15)21-18(24)12-26-19-22-17(11-25-19)14-5-3-2-4-6-14/h2-11H,12H2,1H3,(H,20,23)(H,21,24). The lowest BCUT2D eigenvalue weighted by Gasteiger charge is -2.06. The second kappa shape index (κ2) is 8.64.